The minimum absolute atomic E-state index is 0.0798. The second kappa shape index (κ2) is 8.08. The fourth-order valence-corrected chi connectivity index (χ4v) is 3.53. The molecule has 4 rings (SSSR count). The summed E-state index contributed by atoms with van der Waals surface area (Å²) in [7, 11) is 0. The molecule has 0 fully saturated rings. The maximum atomic E-state index is 13.1. The normalized spacial score (nSPS) is 11.2. The van der Waals surface area contributed by atoms with Gasteiger partial charge in [0.15, 0.2) is 5.78 Å². The number of ketones is 1. The third-order valence-electron chi connectivity index (χ3n) is 4.58. The van der Waals surface area contributed by atoms with E-state index in [0.717, 1.165) is 11.1 Å². The summed E-state index contributed by atoms with van der Waals surface area (Å²) in [5, 5.41) is 1.85. The Hall–Kier alpha value is -3.14. The van der Waals surface area contributed by atoms with Crippen LogP contribution in [0.4, 0.5) is 0 Å². The van der Waals surface area contributed by atoms with Crippen molar-refractivity contribution in [2.75, 3.05) is 0 Å². The number of hydrogen-bond donors (Lipinski definition) is 1. The highest BCUT2D eigenvalue weighted by atomic mass is 35.5. The van der Waals surface area contributed by atoms with Crippen LogP contribution in [-0.2, 0) is 0 Å². The number of allylic oxidation sites excluding steroid dienone is 1. The molecule has 0 aliphatic carbocycles. The Kier molecular flexibility index (Phi) is 5.34. The van der Waals surface area contributed by atoms with Gasteiger partial charge in [-0.05, 0) is 47.5 Å². The molecule has 0 radical (unpaired) electrons. The number of carbonyl (C=O) groups is 1. The van der Waals surface area contributed by atoms with E-state index >= 15 is 0 Å². The lowest BCUT2D eigenvalue weighted by Gasteiger charge is -2.11. The predicted molar refractivity (Wildman–Crippen MR) is 120 cm³/mol. The van der Waals surface area contributed by atoms with Gasteiger partial charge in [-0.15, -0.1) is 0 Å². The van der Waals surface area contributed by atoms with Gasteiger partial charge in [0.1, 0.15) is 0 Å². The average molecular weight is 420 g/mol. The molecular weight excluding hydrogens is 405 g/mol. The molecule has 1 N–H and O–H groups in total. The van der Waals surface area contributed by atoms with E-state index in [9.17, 15) is 9.59 Å². The number of aromatic amines is 1. The van der Waals surface area contributed by atoms with E-state index in [2.05, 4.69) is 4.98 Å². The first-order valence-corrected chi connectivity index (χ1v) is 9.67. The number of carbonyl (C=O) groups excluding carboxylic acids is 1. The largest absolute Gasteiger partial charge is 0.321 e. The van der Waals surface area contributed by atoms with Crippen molar-refractivity contribution in [2.24, 2.45) is 0 Å². The van der Waals surface area contributed by atoms with Crippen molar-refractivity contribution in [3.8, 4) is 11.1 Å². The highest BCUT2D eigenvalue weighted by molar-refractivity contribution is 6.31. The number of pyridine rings is 1. The summed E-state index contributed by atoms with van der Waals surface area (Å²) in [6.45, 7) is 0. The van der Waals surface area contributed by atoms with E-state index in [1.165, 1.54) is 6.08 Å². The van der Waals surface area contributed by atoms with Crippen LogP contribution in [0.5, 0.6) is 0 Å². The maximum absolute atomic E-state index is 13.1. The third-order valence-corrected chi connectivity index (χ3v) is 5.07. The highest BCUT2D eigenvalue weighted by Gasteiger charge is 2.19. The van der Waals surface area contributed by atoms with Gasteiger partial charge < -0.3 is 4.98 Å². The fraction of sp³-hybridized carbons (Fsp3) is 0. The quantitative estimate of drug-likeness (QED) is 0.307. The average Bonchev–Trinajstić information content (AvgIpc) is 2.73. The fourth-order valence-electron chi connectivity index (χ4n) is 3.23. The molecule has 0 atom stereocenters. The van der Waals surface area contributed by atoms with Gasteiger partial charge in [-0.2, -0.15) is 0 Å². The van der Waals surface area contributed by atoms with E-state index < -0.39 is 5.56 Å². The van der Waals surface area contributed by atoms with Crippen LogP contribution < -0.4 is 5.56 Å². The van der Waals surface area contributed by atoms with Crippen molar-refractivity contribution in [1.29, 1.82) is 0 Å². The van der Waals surface area contributed by atoms with Crippen LogP contribution in [0.15, 0.2) is 83.7 Å². The molecule has 3 nitrogen and oxygen atoms in total. The minimum Gasteiger partial charge on any atom is -0.321 e. The van der Waals surface area contributed by atoms with Crippen molar-refractivity contribution in [3.63, 3.8) is 0 Å². The van der Waals surface area contributed by atoms with Gasteiger partial charge in [-0.1, -0.05) is 71.7 Å². The van der Waals surface area contributed by atoms with E-state index in [1.807, 2.05) is 30.3 Å². The summed E-state index contributed by atoms with van der Waals surface area (Å²) in [5.41, 5.74) is 2.41. The van der Waals surface area contributed by atoms with Gasteiger partial charge in [0.2, 0.25) is 0 Å². The van der Waals surface area contributed by atoms with Crippen LogP contribution in [0.2, 0.25) is 10.0 Å². The summed E-state index contributed by atoms with van der Waals surface area (Å²) in [6, 6.07) is 21.6. The van der Waals surface area contributed by atoms with E-state index in [-0.39, 0.29) is 11.3 Å². The summed E-state index contributed by atoms with van der Waals surface area (Å²) < 4.78 is 0. The molecule has 1 heterocycles. The minimum atomic E-state index is -0.440. The summed E-state index contributed by atoms with van der Waals surface area (Å²) >= 11 is 12.1. The number of benzene rings is 3. The van der Waals surface area contributed by atoms with Gasteiger partial charge in [0.05, 0.1) is 5.56 Å². The number of hydrogen-bond acceptors (Lipinski definition) is 2. The topological polar surface area (TPSA) is 49.9 Å². The Labute approximate surface area is 177 Å². The molecule has 0 saturated carbocycles. The molecule has 0 aliphatic rings. The molecule has 0 aliphatic heterocycles. The SMILES string of the molecule is O=C(C=Cc1ccc(Cl)cc1)c1c(-c2ccccc2)c2cc(Cl)ccc2[nH]c1=O. The predicted octanol–water partition coefficient (Wildman–Crippen LogP) is 6.40. The number of H-pyrrole nitrogens is 1. The first-order chi connectivity index (χ1) is 14.0. The van der Waals surface area contributed by atoms with Gasteiger partial charge in [-0.25, -0.2) is 0 Å². The Bertz CT molecular complexity index is 1290. The number of rotatable bonds is 4. The second-order valence-electron chi connectivity index (χ2n) is 6.51. The van der Waals surface area contributed by atoms with Crippen LogP contribution in [0, 0.1) is 0 Å². The van der Waals surface area contributed by atoms with E-state index in [0.29, 0.717) is 26.5 Å². The van der Waals surface area contributed by atoms with E-state index in [1.54, 1.807) is 48.5 Å². The summed E-state index contributed by atoms with van der Waals surface area (Å²) in [5.74, 6) is -0.387. The molecule has 0 saturated heterocycles. The van der Waals surface area contributed by atoms with Crippen molar-refractivity contribution in [2.45, 2.75) is 0 Å². The Morgan fingerprint density at radius 1 is 0.862 bits per heavy atom. The first kappa shape index (κ1) is 19.2. The molecule has 0 amide bonds. The molecule has 4 aromatic rings. The van der Waals surface area contributed by atoms with Gasteiger partial charge >= 0.3 is 0 Å². The zero-order valence-electron chi connectivity index (χ0n) is 15.2. The van der Waals surface area contributed by atoms with Crippen LogP contribution in [0.1, 0.15) is 15.9 Å². The highest BCUT2D eigenvalue weighted by Crippen LogP contribution is 2.31. The van der Waals surface area contributed by atoms with Crippen LogP contribution in [-0.4, -0.2) is 10.8 Å². The molecule has 1 aromatic heterocycles. The van der Waals surface area contributed by atoms with Crippen LogP contribution in [0.3, 0.4) is 0 Å². The van der Waals surface area contributed by atoms with Crippen LogP contribution in [0.25, 0.3) is 28.1 Å². The standard InChI is InChI=1S/C24H15Cl2NO2/c25-17-9-6-15(7-10-17)8-13-21(28)23-22(16-4-2-1-3-5-16)19-14-18(26)11-12-20(19)27-24(23)29/h1-14H,(H,27,29). The van der Waals surface area contributed by atoms with E-state index in [4.69, 9.17) is 23.2 Å². The molecule has 3 aromatic carbocycles. The lowest BCUT2D eigenvalue weighted by atomic mass is 9.94. The Morgan fingerprint density at radius 2 is 1.55 bits per heavy atom. The number of halogens is 2. The number of nitrogens with one attached hydrogen (secondary N) is 1. The van der Waals surface area contributed by atoms with Crippen molar-refractivity contribution in [1.82, 2.24) is 4.98 Å². The van der Waals surface area contributed by atoms with Gasteiger partial charge in [0, 0.05) is 26.5 Å². The summed E-state index contributed by atoms with van der Waals surface area (Å²) in [4.78, 5) is 28.7. The summed E-state index contributed by atoms with van der Waals surface area (Å²) in [6.07, 6.45) is 3.06. The lowest BCUT2D eigenvalue weighted by Crippen LogP contribution is -2.18. The zero-order valence-corrected chi connectivity index (χ0v) is 16.7. The van der Waals surface area contributed by atoms with Crippen LogP contribution >= 0.6 is 23.2 Å². The Balaban J connectivity index is 1.91. The third kappa shape index (κ3) is 4.02. The molecule has 142 valence electrons. The molecular formula is C24H15Cl2NO2. The van der Waals surface area contributed by atoms with Crippen molar-refractivity contribution >= 4 is 46.0 Å². The molecule has 0 unspecified atom stereocenters. The molecule has 5 heteroatoms. The van der Waals surface area contributed by atoms with Crippen molar-refractivity contribution in [3.05, 3.63) is 110 Å². The molecule has 0 bridgehead atoms. The van der Waals surface area contributed by atoms with Crippen molar-refractivity contribution < 1.29 is 4.79 Å². The molecule has 29 heavy (non-hydrogen) atoms. The zero-order chi connectivity index (χ0) is 20.4. The second-order valence-corrected chi connectivity index (χ2v) is 7.38. The molecule has 0 spiro atoms. The van der Waals surface area contributed by atoms with Gasteiger partial charge in [0.25, 0.3) is 5.56 Å². The lowest BCUT2D eigenvalue weighted by molar-refractivity contribution is 0.104. The van der Waals surface area contributed by atoms with Gasteiger partial charge in [-0.3, -0.25) is 9.59 Å². The Morgan fingerprint density at radius 3 is 2.28 bits per heavy atom. The maximum Gasteiger partial charge on any atom is 0.260 e. The number of aromatic nitrogens is 1. The smallest absolute Gasteiger partial charge is 0.260 e. The number of fused-ring (bicyclic) bond motifs is 1. The first-order valence-electron chi connectivity index (χ1n) is 8.92. The monoisotopic (exact) mass is 419 g/mol.